The number of hydrogen-bond acceptors (Lipinski definition) is 2. The Morgan fingerprint density at radius 1 is 0.905 bits per heavy atom. The number of rotatable bonds is 1. The standard InChI is InChI=1S/C17H14ClNO2/c18-8-1-3-9(4-2-8)19-16(20)14-10-5-6-11(13-7-12(10)13)15(14)17(19)21/h1-6,10-15H,7H2/t10-,11-,12-,13-,14+,15+/m1/s1. The molecular weight excluding hydrogens is 286 g/mol. The lowest BCUT2D eigenvalue weighted by Crippen LogP contribution is -2.40. The Labute approximate surface area is 127 Å². The van der Waals surface area contributed by atoms with Crippen LogP contribution in [0.2, 0.25) is 5.02 Å². The van der Waals surface area contributed by atoms with Crippen molar-refractivity contribution in [1.82, 2.24) is 0 Å². The Morgan fingerprint density at radius 3 is 1.95 bits per heavy atom. The first-order valence-corrected chi connectivity index (χ1v) is 7.86. The van der Waals surface area contributed by atoms with Crippen molar-refractivity contribution in [1.29, 1.82) is 0 Å². The first kappa shape index (κ1) is 12.0. The molecule has 3 fully saturated rings. The largest absolute Gasteiger partial charge is 0.274 e. The lowest BCUT2D eigenvalue weighted by molar-refractivity contribution is -0.124. The lowest BCUT2D eigenvalue weighted by atomic mass is 9.63. The van der Waals surface area contributed by atoms with E-state index in [-0.39, 0.29) is 35.5 Å². The van der Waals surface area contributed by atoms with Crippen LogP contribution in [0.15, 0.2) is 36.4 Å². The van der Waals surface area contributed by atoms with Gasteiger partial charge in [-0.3, -0.25) is 14.5 Å². The predicted octanol–water partition coefficient (Wildman–Crippen LogP) is 2.90. The molecule has 4 heteroatoms. The van der Waals surface area contributed by atoms with Crippen LogP contribution in [-0.4, -0.2) is 11.8 Å². The minimum absolute atomic E-state index is 0.0166. The maximum atomic E-state index is 12.8. The van der Waals surface area contributed by atoms with E-state index >= 15 is 0 Å². The quantitative estimate of drug-likeness (QED) is 0.591. The highest BCUT2D eigenvalue weighted by atomic mass is 35.5. The lowest BCUT2D eigenvalue weighted by Gasteiger charge is -2.37. The number of benzene rings is 1. The number of carbonyl (C=O) groups excluding carboxylic acids is 2. The number of nitrogens with zero attached hydrogens (tertiary/aromatic N) is 1. The van der Waals surface area contributed by atoms with E-state index < -0.39 is 0 Å². The highest BCUT2D eigenvalue weighted by Gasteiger charge is 2.67. The van der Waals surface area contributed by atoms with Crippen molar-refractivity contribution < 1.29 is 9.59 Å². The number of anilines is 1. The molecule has 2 amide bonds. The van der Waals surface area contributed by atoms with Gasteiger partial charge in [-0.1, -0.05) is 23.8 Å². The van der Waals surface area contributed by atoms with Crippen molar-refractivity contribution in [3.8, 4) is 0 Å². The van der Waals surface area contributed by atoms with Crippen LogP contribution in [0.5, 0.6) is 0 Å². The summed E-state index contributed by atoms with van der Waals surface area (Å²) in [7, 11) is 0. The average Bonchev–Trinajstić information content (AvgIpc) is 3.26. The molecule has 5 aliphatic rings. The smallest absolute Gasteiger partial charge is 0.238 e. The van der Waals surface area contributed by atoms with E-state index in [0.717, 1.165) is 0 Å². The zero-order valence-corrected chi connectivity index (χ0v) is 12.0. The molecule has 21 heavy (non-hydrogen) atoms. The fourth-order valence-electron chi connectivity index (χ4n) is 4.80. The third-order valence-corrected chi connectivity index (χ3v) is 6.00. The molecule has 1 aromatic carbocycles. The molecule has 6 atom stereocenters. The number of halogens is 1. The molecule has 1 saturated heterocycles. The van der Waals surface area contributed by atoms with Crippen LogP contribution in [0.25, 0.3) is 0 Å². The van der Waals surface area contributed by atoms with Gasteiger partial charge in [0.1, 0.15) is 0 Å². The highest BCUT2D eigenvalue weighted by molar-refractivity contribution is 6.30. The van der Waals surface area contributed by atoms with Crippen LogP contribution in [0.1, 0.15) is 6.42 Å². The zero-order chi connectivity index (χ0) is 14.3. The molecule has 0 radical (unpaired) electrons. The van der Waals surface area contributed by atoms with Crippen molar-refractivity contribution in [3.63, 3.8) is 0 Å². The Morgan fingerprint density at radius 2 is 1.43 bits per heavy atom. The molecule has 3 nitrogen and oxygen atoms in total. The molecule has 0 unspecified atom stereocenters. The first-order chi connectivity index (χ1) is 10.2. The van der Waals surface area contributed by atoms with Crippen LogP contribution >= 0.6 is 11.6 Å². The molecule has 1 heterocycles. The summed E-state index contributed by atoms with van der Waals surface area (Å²) in [6.07, 6.45) is 5.57. The Kier molecular flexibility index (Phi) is 2.15. The second kappa shape index (κ2) is 3.77. The monoisotopic (exact) mass is 299 g/mol. The van der Waals surface area contributed by atoms with Crippen molar-refractivity contribution >= 4 is 29.1 Å². The van der Waals surface area contributed by atoms with Gasteiger partial charge in [0.05, 0.1) is 17.5 Å². The second-order valence-electron chi connectivity index (χ2n) is 6.64. The molecule has 1 aliphatic heterocycles. The van der Waals surface area contributed by atoms with Gasteiger partial charge < -0.3 is 0 Å². The summed E-state index contributed by atoms with van der Waals surface area (Å²) in [6, 6.07) is 6.96. The van der Waals surface area contributed by atoms with E-state index in [9.17, 15) is 9.59 Å². The van der Waals surface area contributed by atoms with Gasteiger partial charge in [-0.15, -0.1) is 0 Å². The summed E-state index contributed by atoms with van der Waals surface area (Å²) in [5.74, 6) is 1.54. The summed E-state index contributed by atoms with van der Waals surface area (Å²) in [6.45, 7) is 0. The molecule has 6 rings (SSSR count). The zero-order valence-electron chi connectivity index (χ0n) is 11.3. The van der Waals surface area contributed by atoms with Gasteiger partial charge in [-0.25, -0.2) is 0 Å². The minimum atomic E-state index is -0.132. The number of hydrogen-bond donors (Lipinski definition) is 0. The normalized spacial score (nSPS) is 42.2. The van der Waals surface area contributed by atoms with E-state index in [2.05, 4.69) is 12.2 Å². The van der Waals surface area contributed by atoms with E-state index in [4.69, 9.17) is 11.6 Å². The van der Waals surface area contributed by atoms with Crippen molar-refractivity contribution in [3.05, 3.63) is 41.4 Å². The topological polar surface area (TPSA) is 37.4 Å². The fourth-order valence-corrected chi connectivity index (χ4v) is 4.93. The average molecular weight is 300 g/mol. The van der Waals surface area contributed by atoms with Crippen LogP contribution < -0.4 is 4.90 Å². The molecular formula is C17H14ClNO2. The molecule has 106 valence electrons. The van der Waals surface area contributed by atoms with Gasteiger partial charge in [-0.05, 0) is 54.4 Å². The first-order valence-electron chi connectivity index (χ1n) is 7.48. The fraction of sp³-hybridized carbons (Fsp3) is 0.412. The van der Waals surface area contributed by atoms with E-state index in [1.54, 1.807) is 24.3 Å². The van der Waals surface area contributed by atoms with Gasteiger partial charge in [-0.2, -0.15) is 0 Å². The summed E-state index contributed by atoms with van der Waals surface area (Å²) < 4.78 is 0. The molecule has 0 spiro atoms. The summed E-state index contributed by atoms with van der Waals surface area (Å²) in [5.41, 5.74) is 0.650. The predicted molar refractivity (Wildman–Crippen MR) is 78.6 cm³/mol. The number of allylic oxidation sites excluding steroid dienone is 2. The van der Waals surface area contributed by atoms with Crippen molar-refractivity contribution in [2.24, 2.45) is 35.5 Å². The minimum Gasteiger partial charge on any atom is -0.274 e. The molecule has 2 bridgehead atoms. The van der Waals surface area contributed by atoms with Gasteiger partial charge in [0.2, 0.25) is 11.8 Å². The molecule has 4 aliphatic carbocycles. The number of imide groups is 1. The molecule has 0 N–H and O–H groups in total. The summed E-state index contributed by atoms with van der Waals surface area (Å²) >= 11 is 5.90. The third kappa shape index (κ3) is 1.40. The Hall–Kier alpha value is -1.61. The van der Waals surface area contributed by atoms with Gasteiger partial charge >= 0.3 is 0 Å². The van der Waals surface area contributed by atoms with Crippen LogP contribution in [0.3, 0.4) is 0 Å². The van der Waals surface area contributed by atoms with Gasteiger partial charge in [0.15, 0.2) is 0 Å². The third-order valence-electron chi connectivity index (χ3n) is 5.75. The molecule has 1 aromatic rings. The van der Waals surface area contributed by atoms with Gasteiger partial charge in [0, 0.05) is 5.02 Å². The number of carbonyl (C=O) groups is 2. The van der Waals surface area contributed by atoms with E-state index in [0.29, 0.717) is 22.5 Å². The van der Waals surface area contributed by atoms with E-state index in [1.165, 1.54) is 11.3 Å². The second-order valence-corrected chi connectivity index (χ2v) is 7.08. The Bertz CT molecular complexity index is 659. The Balaban J connectivity index is 1.58. The van der Waals surface area contributed by atoms with Crippen LogP contribution in [-0.2, 0) is 9.59 Å². The van der Waals surface area contributed by atoms with Crippen LogP contribution in [0, 0.1) is 35.5 Å². The molecule has 0 aromatic heterocycles. The maximum Gasteiger partial charge on any atom is 0.238 e. The summed E-state index contributed by atoms with van der Waals surface area (Å²) in [4.78, 5) is 27.0. The molecule has 2 saturated carbocycles. The van der Waals surface area contributed by atoms with Gasteiger partial charge in [0.25, 0.3) is 0 Å². The SMILES string of the molecule is O=C1[C@H]2[C@@H]3C=C[C@H]([C@H]4C[C@H]34)[C@@H]2C(=O)N1c1ccc(Cl)cc1. The van der Waals surface area contributed by atoms with Crippen molar-refractivity contribution in [2.45, 2.75) is 6.42 Å². The number of amides is 2. The van der Waals surface area contributed by atoms with E-state index in [1.807, 2.05) is 0 Å². The maximum absolute atomic E-state index is 12.8. The summed E-state index contributed by atoms with van der Waals surface area (Å²) in [5, 5.41) is 0.609. The van der Waals surface area contributed by atoms with Crippen LogP contribution in [0.4, 0.5) is 5.69 Å². The van der Waals surface area contributed by atoms with Crippen molar-refractivity contribution in [2.75, 3.05) is 4.90 Å². The highest BCUT2D eigenvalue weighted by Crippen LogP contribution is 2.65.